The Morgan fingerprint density at radius 1 is 0.719 bits per heavy atom. The van der Waals surface area contributed by atoms with Crippen LogP contribution in [0.5, 0.6) is 11.5 Å². The highest BCUT2D eigenvalue weighted by Gasteiger charge is 2.02. The van der Waals surface area contributed by atoms with E-state index in [-0.39, 0.29) is 21.5 Å². The van der Waals surface area contributed by atoms with Crippen LogP contribution in [-0.2, 0) is 9.59 Å². The van der Waals surface area contributed by atoms with E-state index < -0.39 is 25.2 Å². The minimum absolute atomic E-state index is 0.272. The van der Waals surface area contributed by atoms with Crippen LogP contribution in [0, 0.1) is 0 Å². The Kier molecular flexibility index (Phi) is 19.9. The summed E-state index contributed by atoms with van der Waals surface area (Å²) < 4.78 is 9.60. The first-order valence-electron chi connectivity index (χ1n) is 9.05. The molecule has 0 bridgehead atoms. The van der Waals surface area contributed by atoms with Crippen molar-refractivity contribution in [1.29, 1.82) is 0 Å². The first kappa shape index (κ1) is 32.2. The Hall–Kier alpha value is -1.94. The van der Waals surface area contributed by atoms with Gasteiger partial charge in [0.2, 0.25) is 0 Å². The minimum Gasteiger partial charge on any atom is -0.546 e. The van der Waals surface area contributed by atoms with Gasteiger partial charge in [-0.3, -0.25) is 0 Å². The maximum absolute atomic E-state index is 10.0. The summed E-state index contributed by atoms with van der Waals surface area (Å²) in [6, 6.07) is 9.03. The van der Waals surface area contributed by atoms with Crippen LogP contribution in [0.15, 0.2) is 36.4 Å². The predicted molar refractivity (Wildman–Crippen MR) is 121 cm³/mol. The molecule has 8 nitrogen and oxygen atoms in total. The average molecular weight is 532 g/mol. The molecular weight excluding hydrogens is 506 g/mol. The zero-order valence-corrected chi connectivity index (χ0v) is 21.0. The lowest BCUT2D eigenvalue weighted by Crippen LogP contribution is -2.74. The van der Waals surface area contributed by atoms with Gasteiger partial charge in [-0.25, -0.2) is 0 Å². The van der Waals surface area contributed by atoms with Gasteiger partial charge >= 0.3 is 0 Å². The fourth-order valence-corrected chi connectivity index (χ4v) is 2.38. The van der Waals surface area contributed by atoms with Crippen molar-refractivity contribution in [3.8, 4) is 11.5 Å². The number of ether oxygens (including phenoxy) is 2. The van der Waals surface area contributed by atoms with E-state index in [0.29, 0.717) is 10.0 Å². The van der Waals surface area contributed by atoms with Gasteiger partial charge in [0.1, 0.15) is 24.7 Å². The molecule has 2 rings (SSSR count). The molecule has 0 saturated heterocycles. The summed E-state index contributed by atoms with van der Waals surface area (Å²) in [6.07, 6.45) is 0. The lowest BCUT2D eigenvalue weighted by Gasteiger charge is -2.07. The quantitative estimate of drug-likeness (QED) is 0.533. The highest BCUT2D eigenvalue weighted by Crippen LogP contribution is 2.28. The average Bonchev–Trinajstić information content (AvgIpc) is 2.68. The summed E-state index contributed by atoms with van der Waals surface area (Å²) in [5.41, 5.74) is 0. The molecule has 2 aromatic carbocycles. The van der Waals surface area contributed by atoms with Gasteiger partial charge in [-0.2, -0.15) is 0 Å². The third kappa shape index (κ3) is 17.7. The SMILES string of the molecule is C[NH2+]C.C[NH2+]C.O=C([O-])COc1ccc(Cl)cc1Cl.O=C([O-])COc1ccc(Cl)cc1Cl. The molecule has 0 aliphatic rings. The molecular formula is C20H26Cl4N2O6. The Morgan fingerprint density at radius 2 is 1.00 bits per heavy atom. The van der Waals surface area contributed by atoms with Crippen LogP contribution in [0.1, 0.15) is 0 Å². The summed E-state index contributed by atoms with van der Waals surface area (Å²) in [7, 11) is 8.00. The van der Waals surface area contributed by atoms with Crippen LogP contribution in [0.3, 0.4) is 0 Å². The molecule has 0 aromatic heterocycles. The number of hydrogen-bond donors (Lipinski definition) is 2. The van der Waals surface area contributed by atoms with Crippen molar-refractivity contribution < 1.29 is 39.9 Å². The first-order chi connectivity index (χ1) is 15.0. The minimum atomic E-state index is -1.30. The van der Waals surface area contributed by atoms with Gasteiger partial charge < -0.3 is 39.9 Å². The van der Waals surface area contributed by atoms with Crippen molar-refractivity contribution in [3.63, 3.8) is 0 Å². The maximum atomic E-state index is 10.0. The standard InChI is InChI=1S/2C8H6Cl2O3.2C2H7N/c2*9-5-1-2-7(6(10)3-5)13-4-8(11)12;2*1-3-2/h2*1-3H,4H2,(H,11,12);2*3H,1-2H3. The van der Waals surface area contributed by atoms with E-state index >= 15 is 0 Å². The van der Waals surface area contributed by atoms with Crippen LogP contribution < -0.4 is 30.3 Å². The second-order valence-electron chi connectivity index (χ2n) is 5.63. The molecule has 2 aromatic rings. The van der Waals surface area contributed by atoms with Crippen LogP contribution >= 0.6 is 46.4 Å². The normalized spacial score (nSPS) is 9.00. The number of halogens is 4. The smallest absolute Gasteiger partial charge is 0.138 e. The zero-order valence-electron chi connectivity index (χ0n) is 18.0. The van der Waals surface area contributed by atoms with Crippen molar-refractivity contribution in [2.45, 2.75) is 0 Å². The molecule has 180 valence electrons. The van der Waals surface area contributed by atoms with Crippen molar-refractivity contribution in [2.24, 2.45) is 0 Å². The molecule has 0 aliphatic heterocycles. The molecule has 0 unspecified atom stereocenters. The van der Waals surface area contributed by atoms with Crippen molar-refractivity contribution in [3.05, 3.63) is 56.5 Å². The zero-order chi connectivity index (χ0) is 25.1. The summed E-state index contributed by atoms with van der Waals surface area (Å²) >= 11 is 22.6. The van der Waals surface area contributed by atoms with Crippen LogP contribution in [-0.4, -0.2) is 53.3 Å². The van der Waals surface area contributed by atoms with Gasteiger partial charge in [0, 0.05) is 10.0 Å². The van der Waals surface area contributed by atoms with E-state index in [1.54, 1.807) is 12.1 Å². The second kappa shape index (κ2) is 19.7. The number of aliphatic carboxylic acids is 2. The first-order valence-corrected chi connectivity index (χ1v) is 10.6. The summed E-state index contributed by atoms with van der Waals surface area (Å²) in [4.78, 5) is 20.1. The maximum Gasteiger partial charge on any atom is 0.138 e. The number of carboxylic acid groups (broad SMARTS) is 2. The fourth-order valence-electron chi connectivity index (χ4n) is 1.46. The van der Waals surface area contributed by atoms with Gasteiger partial charge in [0.25, 0.3) is 0 Å². The fraction of sp³-hybridized carbons (Fsp3) is 0.300. The molecule has 0 spiro atoms. The highest BCUT2D eigenvalue weighted by atomic mass is 35.5. The van der Waals surface area contributed by atoms with Crippen molar-refractivity contribution in [2.75, 3.05) is 41.4 Å². The second-order valence-corrected chi connectivity index (χ2v) is 7.31. The van der Waals surface area contributed by atoms with Crippen LogP contribution in [0.4, 0.5) is 0 Å². The molecule has 0 fully saturated rings. The largest absolute Gasteiger partial charge is 0.546 e. The lowest BCUT2D eigenvalue weighted by atomic mass is 10.3. The molecule has 0 heterocycles. The van der Waals surface area contributed by atoms with Gasteiger partial charge in [0.15, 0.2) is 0 Å². The van der Waals surface area contributed by atoms with Gasteiger partial charge in [-0.15, -0.1) is 0 Å². The van der Waals surface area contributed by atoms with E-state index in [4.69, 9.17) is 55.9 Å². The number of nitrogens with two attached hydrogens (primary N) is 2. The van der Waals surface area contributed by atoms with Crippen molar-refractivity contribution >= 4 is 58.3 Å². The summed E-state index contributed by atoms with van der Waals surface area (Å²) in [6.45, 7) is -1.05. The van der Waals surface area contributed by atoms with Gasteiger partial charge in [-0.1, -0.05) is 46.4 Å². The summed E-state index contributed by atoms with van der Waals surface area (Å²) in [5, 5.41) is 25.6. The molecule has 0 radical (unpaired) electrons. The molecule has 12 heteroatoms. The molecule has 0 atom stereocenters. The van der Waals surface area contributed by atoms with Crippen LogP contribution in [0.25, 0.3) is 0 Å². The van der Waals surface area contributed by atoms with E-state index in [2.05, 4.69) is 0 Å². The molecule has 0 saturated carbocycles. The number of carboxylic acids is 2. The third-order valence-electron chi connectivity index (χ3n) is 2.48. The number of rotatable bonds is 6. The molecule has 0 aliphatic carbocycles. The third-order valence-corrected chi connectivity index (χ3v) is 3.54. The molecule has 0 amide bonds. The monoisotopic (exact) mass is 530 g/mol. The summed E-state index contributed by atoms with van der Waals surface area (Å²) in [5.74, 6) is -2.05. The molecule has 4 N–H and O–H groups in total. The number of carbonyl (C=O) groups is 2. The van der Waals surface area contributed by atoms with E-state index in [1.807, 2.05) is 38.8 Å². The Morgan fingerprint density at radius 3 is 1.22 bits per heavy atom. The Labute approximate surface area is 207 Å². The number of quaternary nitrogens is 2. The predicted octanol–water partition coefficient (Wildman–Crippen LogP) is -0.137. The number of carbonyl (C=O) groups excluding carboxylic acids is 2. The Bertz CT molecular complexity index is 757. The molecule has 32 heavy (non-hydrogen) atoms. The number of hydrogen-bond acceptors (Lipinski definition) is 6. The topological polar surface area (TPSA) is 132 Å². The van der Waals surface area contributed by atoms with E-state index in [9.17, 15) is 19.8 Å². The highest BCUT2D eigenvalue weighted by molar-refractivity contribution is 6.36. The van der Waals surface area contributed by atoms with E-state index in [1.165, 1.54) is 24.3 Å². The lowest BCUT2D eigenvalue weighted by molar-refractivity contribution is -0.597. The van der Waals surface area contributed by atoms with Gasteiger partial charge in [0.05, 0.1) is 50.2 Å². The number of benzene rings is 2. The van der Waals surface area contributed by atoms with Gasteiger partial charge in [-0.05, 0) is 36.4 Å². The van der Waals surface area contributed by atoms with Crippen LogP contribution in [0.2, 0.25) is 20.1 Å². The Balaban J connectivity index is 0. The van der Waals surface area contributed by atoms with E-state index in [0.717, 1.165) is 0 Å². The van der Waals surface area contributed by atoms with Crippen molar-refractivity contribution in [1.82, 2.24) is 0 Å².